The molecule has 1 rings (SSSR count). The second kappa shape index (κ2) is 4.33. The lowest BCUT2D eigenvalue weighted by atomic mass is 10.2. The van der Waals surface area contributed by atoms with E-state index in [1.807, 2.05) is 0 Å². The van der Waals surface area contributed by atoms with Crippen molar-refractivity contribution >= 4 is 28.6 Å². The zero-order chi connectivity index (χ0) is 11.6. The molecule has 15 heavy (non-hydrogen) atoms. The van der Waals surface area contributed by atoms with Crippen LogP contribution in [0.4, 0.5) is 13.2 Å². The number of methoxy groups -OCH3 is 1. The lowest BCUT2D eigenvalue weighted by molar-refractivity contribution is -0.138. The number of hydrogen-bond donors (Lipinski definition) is 0. The highest BCUT2D eigenvalue weighted by molar-refractivity contribution is 14.1. The number of carbonyl (C=O) groups excluding carboxylic acids is 1. The molecule has 0 amide bonds. The van der Waals surface area contributed by atoms with Crippen LogP contribution in [-0.2, 0) is 10.9 Å². The van der Waals surface area contributed by atoms with Gasteiger partial charge in [-0.15, -0.1) is 0 Å². The molecule has 0 aliphatic carbocycles. The molecular weight excluding hydrogens is 326 g/mol. The molecule has 1 aromatic rings. The van der Waals surface area contributed by atoms with Crippen LogP contribution in [0.15, 0.2) is 12.4 Å². The molecule has 0 N–H and O–H groups in total. The Kier molecular flexibility index (Phi) is 3.53. The summed E-state index contributed by atoms with van der Waals surface area (Å²) < 4.78 is 41.3. The molecule has 1 heterocycles. The van der Waals surface area contributed by atoms with Gasteiger partial charge in [-0.2, -0.15) is 13.2 Å². The average molecular weight is 331 g/mol. The normalized spacial score (nSPS) is 11.3. The molecule has 0 saturated carbocycles. The van der Waals surface area contributed by atoms with Crippen LogP contribution in [0.1, 0.15) is 15.9 Å². The van der Waals surface area contributed by atoms with E-state index >= 15 is 0 Å². The third-order valence-electron chi connectivity index (χ3n) is 1.59. The first-order chi connectivity index (χ1) is 6.88. The van der Waals surface area contributed by atoms with Crippen molar-refractivity contribution in [1.82, 2.24) is 4.98 Å². The Labute approximate surface area is 96.8 Å². The lowest BCUT2D eigenvalue weighted by Crippen LogP contribution is -2.13. The maximum absolute atomic E-state index is 12.4. The van der Waals surface area contributed by atoms with Crippen LogP contribution >= 0.6 is 22.6 Å². The van der Waals surface area contributed by atoms with Crippen LogP contribution in [0.5, 0.6) is 0 Å². The first-order valence-electron chi connectivity index (χ1n) is 3.67. The van der Waals surface area contributed by atoms with Crippen molar-refractivity contribution in [3.8, 4) is 0 Å². The molecule has 0 radical (unpaired) electrons. The Morgan fingerprint density at radius 2 is 2.07 bits per heavy atom. The molecule has 0 bridgehead atoms. The van der Waals surface area contributed by atoms with Gasteiger partial charge in [0, 0.05) is 16.0 Å². The van der Waals surface area contributed by atoms with Gasteiger partial charge in [0.15, 0.2) is 0 Å². The number of carbonyl (C=O) groups is 1. The summed E-state index contributed by atoms with van der Waals surface area (Å²) in [5.41, 5.74) is -1.13. The predicted molar refractivity (Wildman–Crippen MR) is 53.3 cm³/mol. The third kappa shape index (κ3) is 2.58. The van der Waals surface area contributed by atoms with Gasteiger partial charge in [-0.3, -0.25) is 4.98 Å². The molecule has 0 aromatic carbocycles. The summed E-state index contributed by atoms with van der Waals surface area (Å²) in [4.78, 5) is 14.4. The summed E-state index contributed by atoms with van der Waals surface area (Å²) in [6.07, 6.45) is -2.80. The summed E-state index contributed by atoms with van der Waals surface area (Å²) in [6, 6.07) is 0. The van der Waals surface area contributed by atoms with E-state index in [1.54, 1.807) is 0 Å². The summed E-state index contributed by atoms with van der Waals surface area (Å²) in [7, 11) is 1.10. The van der Waals surface area contributed by atoms with Crippen molar-refractivity contribution in [2.45, 2.75) is 6.18 Å². The van der Waals surface area contributed by atoms with Crippen molar-refractivity contribution in [3.63, 3.8) is 0 Å². The minimum atomic E-state index is -4.52. The van der Waals surface area contributed by atoms with Gasteiger partial charge in [0.25, 0.3) is 0 Å². The van der Waals surface area contributed by atoms with Crippen molar-refractivity contribution in [2.75, 3.05) is 7.11 Å². The molecule has 0 aliphatic heterocycles. The van der Waals surface area contributed by atoms with Crippen LogP contribution in [0, 0.1) is 3.57 Å². The fourth-order valence-electron chi connectivity index (χ4n) is 0.895. The lowest BCUT2D eigenvalue weighted by Gasteiger charge is -2.10. The Morgan fingerprint density at radius 3 is 2.53 bits per heavy atom. The van der Waals surface area contributed by atoms with Crippen molar-refractivity contribution in [2.24, 2.45) is 0 Å². The van der Waals surface area contributed by atoms with Gasteiger partial charge in [-0.25, -0.2) is 4.79 Å². The smallest absolute Gasteiger partial charge is 0.418 e. The van der Waals surface area contributed by atoms with Crippen LogP contribution in [-0.4, -0.2) is 18.1 Å². The fourth-order valence-corrected chi connectivity index (χ4v) is 1.70. The number of halogens is 4. The number of pyridine rings is 1. The number of hydrogen-bond acceptors (Lipinski definition) is 3. The molecule has 0 atom stereocenters. The van der Waals surface area contributed by atoms with Gasteiger partial charge in [0.05, 0.1) is 18.2 Å². The molecule has 82 valence electrons. The van der Waals surface area contributed by atoms with Crippen molar-refractivity contribution < 1.29 is 22.7 Å². The second-order valence-corrected chi connectivity index (χ2v) is 3.62. The topological polar surface area (TPSA) is 39.2 Å². The highest BCUT2D eigenvalue weighted by Gasteiger charge is 2.35. The van der Waals surface area contributed by atoms with Gasteiger partial charge >= 0.3 is 12.1 Å². The molecule has 1 aromatic heterocycles. The van der Waals surface area contributed by atoms with Gasteiger partial charge < -0.3 is 4.74 Å². The SMILES string of the molecule is COC(=O)c1cncc(C(F)(F)F)c1I. The van der Waals surface area contributed by atoms with Crippen molar-refractivity contribution in [3.05, 3.63) is 27.1 Å². The van der Waals surface area contributed by atoms with E-state index in [-0.39, 0.29) is 9.13 Å². The van der Waals surface area contributed by atoms with Crippen LogP contribution in [0.25, 0.3) is 0 Å². The van der Waals surface area contributed by atoms with Crippen LogP contribution in [0.3, 0.4) is 0 Å². The van der Waals surface area contributed by atoms with Gasteiger partial charge in [-0.05, 0) is 22.6 Å². The first kappa shape index (κ1) is 12.2. The third-order valence-corrected chi connectivity index (χ3v) is 2.75. The summed E-state index contributed by atoms with van der Waals surface area (Å²) in [5.74, 6) is -0.835. The quantitative estimate of drug-likeness (QED) is 0.586. The minimum Gasteiger partial charge on any atom is -0.465 e. The zero-order valence-electron chi connectivity index (χ0n) is 7.43. The van der Waals surface area contributed by atoms with Crippen molar-refractivity contribution in [1.29, 1.82) is 0 Å². The molecule has 0 unspecified atom stereocenters. The van der Waals surface area contributed by atoms with E-state index in [1.165, 1.54) is 22.6 Å². The van der Waals surface area contributed by atoms with Gasteiger partial charge in [-0.1, -0.05) is 0 Å². The zero-order valence-corrected chi connectivity index (χ0v) is 9.59. The molecule has 0 spiro atoms. The van der Waals surface area contributed by atoms with E-state index in [0.29, 0.717) is 6.20 Å². The highest BCUT2D eigenvalue weighted by Crippen LogP contribution is 2.33. The number of ether oxygens (including phenoxy) is 1. The number of aromatic nitrogens is 1. The van der Waals surface area contributed by atoms with E-state index in [4.69, 9.17) is 0 Å². The highest BCUT2D eigenvalue weighted by atomic mass is 127. The Hall–Kier alpha value is -0.860. The Morgan fingerprint density at radius 1 is 1.47 bits per heavy atom. The van der Waals surface area contributed by atoms with E-state index in [2.05, 4.69) is 9.72 Å². The predicted octanol–water partition coefficient (Wildman–Crippen LogP) is 2.49. The van der Waals surface area contributed by atoms with E-state index in [0.717, 1.165) is 13.3 Å². The van der Waals surface area contributed by atoms with Crippen LogP contribution < -0.4 is 0 Å². The second-order valence-electron chi connectivity index (χ2n) is 2.54. The average Bonchev–Trinajstić information content (AvgIpc) is 2.15. The minimum absolute atomic E-state index is 0.187. The largest absolute Gasteiger partial charge is 0.465 e. The fraction of sp³-hybridized carbons (Fsp3) is 0.250. The number of alkyl halides is 3. The molecule has 0 fully saturated rings. The van der Waals surface area contributed by atoms with Crippen LogP contribution in [0.2, 0.25) is 0 Å². The molecule has 0 saturated heterocycles. The van der Waals surface area contributed by atoms with E-state index < -0.39 is 17.7 Å². The maximum Gasteiger partial charge on any atom is 0.418 e. The molecule has 7 heteroatoms. The Balaban J connectivity index is 3.30. The Bertz CT molecular complexity index is 392. The van der Waals surface area contributed by atoms with Gasteiger partial charge in [0.2, 0.25) is 0 Å². The maximum atomic E-state index is 12.4. The number of rotatable bonds is 1. The molecule has 3 nitrogen and oxygen atoms in total. The monoisotopic (exact) mass is 331 g/mol. The molecular formula is C8H5F3INO2. The van der Waals surface area contributed by atoms with E-state index in [9.17, 15) is 18.0 Å². The first-order valence-corrected chi connectivity index (χ1v) is 4.74. The summed E-state index contributed by atoms with van der Waals surface area (Å²) in [6.45, 7) is 0. The summed E-state index contributed by atoms with van der Waals surface area (Å²) in [5, 5.41) is 0. The standard InChI is InChI=1S/C8H5F3INO2/c1-15-7(14)4-2-13-3-5(6(4)12)8(9,10)11/h2-3H,1H3. The molecule has 0 aliphatic rings. The summed E-state index contributed by atoms with van der Waals surface area (Å²) >= 11 is 1.44. The number of esters is 1. The van der Waals surface area contributed by atoms with Gasteiger partial charge in [0.1, 0.15) is 0 Å². The number of nitrogens with zero attached hydrogens (tertiary/aromatic N) is 1.